The van der Waals surface area contributed by atoms with Gasteiger partial charge in [0.2, 0.25) is 0 Å². The number of carbonyl (C=O) groups excluding carboxylic acids is 1. The van der Waals surface area contributed by atoms with Crippen LogP contribution >= 0.6 is 0 Å². The van der Waals surface area contributed by atoms with Crippen LogP contribution in [0.15, 0.2) is 22.8 Å². The maximum Gasteiger partial charge on any atom is 0.158 e. The van der Waals surface area contributed by atoms with Crippen LogP contribution in [-0.2, 0) is 17.6 Å². The molecular weight excluding hydrogens is 212 g/mol. The highest BCUT2D eigenvalue weighted by atomic mass is 16.3. The molecule has 2 aliphatic carbocycles. The molecule has 0 spiro atoms. The van der Waals surface area contributed by atoms with Crippen LogP contribution in [-0.4, -0.2) is 5.78 Å². The maximum atomic E-state index is 11.9. The minimum Gasteiger partial charge on any atom is -0.469 e. The van der Waals surface area contributed by atoms with Crippen LogP contribution in [0.5, 0.6) is 0 Å². The third kappa shape index (κ3) is 1.36. The van der Waals surface area contributed by atoms with Gasteiger partial charge in [-0.25, -0.2) is 0 Å². The molecule has 0 N–H and O–H groups in total. The quantitative estimate of drug-likeness (QED) is 0.685. The smallest absolute Gasteiger partial charge is 0.158 e. The Morgan fingerprint density at radius 3 is 3.00 bits per heavy atom. The molecule has 0 saturated heterocycles. The van der Waals surface area contributed by atoms with E-state index in [2.05, 4.69) is 26.8 Å². The van der Waals surface area contributed by atoms with Crippen LogP contribution in [0.25, 0.3) is 0 Å². The van der Waals surface area contributed by atoms with Crippen molar-refractivity contribution in [1.29, 1.82) is 0 Å². The minimum absolute atomic E-state index is 0.0630. The molecule has 0 aromatic carbocycles. The molecule has 0 amide bonds. The van der Waals surface area contributed by atoms with Gasteiger partial charge in [0.25, 0.3) is 0 Å². The van der Waals surface area contributed by atoms with E-state index < -0.39 is 0 Å². The maximum absolute atomic E-state index is 11.9. The lowest BCUT2D eigenvalue weighted by Gasteiger charge is -2.45. The molecule has 0 radical (unpaired) electrons. The number of rotatable bonds is 0. The molecule has 2 nitrogen and oxygen atoms in total. The largest absolute Gasteiger partial charge is 0.469 e. The lowest BCUT2D eigenvalue weighted by molar-refractivity contribution is -0.123. The number of hydrogen-bond donors (Lipinski definition) is 0. The molecule has 0 saturated carbocycles. The molecule has 2 aliphatic rings. The number of fused-ring (bicyclic) bond motifs is 2. The van der Waals surface area contributed by atoms with Crippen molar-refractivity contribution >= 4 is 5.78 Å². The number of hydrogen-bond acceptors (Lipinski definition) is 2. The zero-order valence-corrected chi connectivity index (χ0v) is 10.6. The highest BCUT2D eigenvalue weighted by molar-refractivity contribution is 5.93. The van der Waals surface area contributed by atoms with Gasteiger partial charge in [-0.15, -0.1) is 0 Å². The molecular formula is C15H18O2. The van der Waals surface area contributed by atoms with E-state index in [0.717, 1.165) is 18.6 Å². The predicted molar refractivity (Wildman–Crippen MR) is 65.8 cm³/mol. The van der Waals surface area contributed by atoms with Crippen molar-refractivity contribution in [3.05, 3.63) is 35.3 Å². The Morgan fingerprint density at radius 2 is 2.24 bits per heavy atom. The first-order valence-corrected chi connectivity index (χ1v) is 6.30. The van der Waals surface area contributed by atoms with Gasteiger partial charge in [-0.1, -0.05) is 19.9 Å². The van der Waals surface area contributed by atoms with E-state index in [1.165, 1.54) is 11.1 Å². The molecule has 1 aromatic heterocycles. The Morgan fingerprint density at radius 1 is 1.47 bits per heavy atom. The molecule has 17 heavy (non-hydrogen) atoms. The molecule has 1 heterocycles. The topological polar surface area (TPSA) is 30.2 Å². The van der Waals surface area contributed by atoms with Crippen LogP contribution in [0.1, 0.15) is 30.7 Å². The van der Waals surface area contributed by atoms with Crippen molar-refractivity contribution in [3.63, 3.8) is 0 Å². The van der Waals surface area contributed by atoms with Crippen molar-refractivity contribution < 1.29 is 9.21 Å². The van der Waals surface area contributed by atoms with Crippen molar-refractivity contribution in [1.82, 2.24) is 0 Å². The average molecular weight is 230 g/mol. The first kappa shape index (κ1) is 10.8. The Bertz CT molecular complexity index is 509. The summed E-state index contributed by atoms with van der Waals surface area (Å²) >= 11 is 0. The zero-order chi connectivity index (χ0) is 12.2. The fourth-order valence-electron chi connectivity index (χ4n) is 3.32. The summed E-state index contributed by atoms with van der Waals surface area (Å²) in [6.07, 6.45) is 7.60. The van der Waals surface area contributed by atoms with Gasteiger partial charge >= 0.3 is 0 Å². The van der Waals surface area contributed by atoms with Gasteiger partial charge in [0.05, 0.1) is 6.26 Å². The SMILES string of the molecule is Cc1coc2c1C[C@@]1(C)[C@@H](C=CC(=O)[C@@H]1C)C2. The summed E-state index contributed by atoms with van der Waals surface area (Å²) in [7, 11) is 0. The van der Waals surface area contributed by atoms with Crippen LogP contribution < -0.4 is 0 Å². The fraction of sp³-hybridized carbons (Fsp3) is 0.533. The van der Waals surface area contributed by atoms with Crippen molar-refractivity contribution in [2.45, 2.75) is 33.6 Å². The summed E-state index contributed by atoms with van der Waals surface area (Å²) in [6.45, 7) is 6.41. The molecule has 3 atom stereocenters. The van der Waals surface area contributed by atoms with Crippen molar-refractivity contribution in [2.24, 2.45) is 17.3 Å². The van der Waals surface area contributed by atoms with Crippen molar-refractivity contribution in [2.75, 3.05) is 0 Å². The first-order chi connectivity index (χ1) is 8.02. The summed E-state index contributed by atoms with van der Waals surface area (Å²) in [5, 5.41) is 0. The summed E-state index contributed by atoms with van der Waals surface area (Å²) in [4.78, 5) is 11.9. The fourth-order valence-corrected chi connectivity index (χ4v) is 3.32. The van der Waals surface area contributed by atoms with E-state index in [0.29, 0.717) is 5.92 Å². The second-order valence-electron chi connectivity index (χ2n) is 5.80. The molecule has 3 rings (SSSR count). The van der Waals surface area contributed by atoms with Gasteiger partial charge in [-0.05, 0) is 41.9 Å². The number of furan rings is 1. The Kier molecular flexibility index (Phi) is 2.13. The molecule has 0 aliphatic heterocycles. The second kappa shape index (κ2) is 3.34. The lowest BCUT2D eigenvalue weighted by Crippen LogP contribution is -2.44. The Hall–Kier alpha value is -1.31. The second-order valence-corrected chi connectivity index (χ2v) is 5.80. The van der Waals surface area contributed by atoms with E-state index in [1.54, 1.807) is 6.08 Å². The number of ketones is 1. The monoisotopic (exact) mass is 230 g/mol. The highest BCUT2D eigenvalue weighted by Crippen LogP contribution is 2.49. The highest BCUT2D eigenvalue weighted by Gasteiger charge is 2.47. The summed E-state index contributed by atoms with van der Waals surface area (Å²) in [6, 6.07) is 0. The summed E-state index contributed by atoms with van der Waals surface area (Å²) < 4.78 is 5.62. The predicted octanol–water partition coefficient (Wildman–Crippen LogP) is 3.08. The van der Waals surface area contributed by atoms with Gasteiger partial charge < -0.3 is 4.42 Å². The number of carbonyl (C=O) groups is 1. The van der Waals surface area contributed by atoms with E-state index in [-0.39, 0.29) is 17.1 Å². The molecule has 0 unspecified atom stereocenters. The molecule has 90 valence electrons. The van der Waals surface area contributed by atoms with Gasteiger partial charge in [-0.2, -0.15) is 0 Å². The van der Waals surface area contributed by atoms with Crippen LogP contribution in [0, 0.1) is 24.2 Å². The Labute approximate surface area is 102 Å². The van der Waals surface area contributed by atoms with Crippen LogP contribution in [0.3, 0.4) is 0 Å². The zero-order valence-electron chi connectivity index (χ0n) is 10.6. The van der Waals surface area contributed by atoms with E-state index in [9.17, 15) is 4.79 Å². The average Bonchev–Trinajstić information content (AvgIpc) is 2.64. The van der Waals surface area contributed by atoms with Gasteiger partial charge in [0.1, 0.15) is 5.76 Å². The minimum atomic E-state index is 0.0630. The van der Waals surface area contributed by atoms with Gasteiger partial charge in [0.15, 0.2) is 5.78 Å². The first-order valence-electron chi connectivity index (χ1n) is 6.30. The summed E-state index contributed by atoms with van der Waals surface area (Å²) in [5.41, 5.74) is 2.63. The normalized spacial score (nSPS) is 35.6. The molecule has 1 aromatic rings. The number of aryl methyl sites for hydroxylation is 1. The van der Waals surface area contributed by atoms with E-state index in [4.69, 9.17) is 4.42 Å². The van der Waals surface area contributed by atoms with Gasteiger partial charge in [0, 0.05) is 12.3 Å². The number of allylic oxidation sites excluding steroid dienone is 2. The van der Waals surface area contributed by atoms with Crippen LogP contribution in [0.2, 0.25) is 0 Å². The van der Waals surface area contributed by atoms with E-state index >= 15 is 0 Å². The van der Waals surface area contributed by atoms with Crippen molar-refractivity contribution in [3.8, 4) is 0 Å². The molecule has 0 fully saturated rings. The standard InChI is InChI=1S/C15H18O2/c1-9-8-17-14-6-11-4-5-13(16)10(2)15(11,3)7-12(9)14/h4-5,8,10-11H,6-7H2,1-3H3/t10-,11-,15+/m0/s1. The molecule has 2 heteroatoms. The van der Waals surface area contributed by atoms with Gasteiger partial charge in [-0.3, -0.25) is 4.79 Å². The van der Waals surface area contributed by atoms with Crippen LogP contribution in [0.4, 0.5) is 0 Å². The summed E-state index contributed by atoms with van der Waals surface area (Å²) in [5.74, 6) is 1.94. The Balaban J connectivity index is 2.09. The van der Waals surface area contributed by atoms with E-state index in [1.807, 2.05) is 6.26 Å². The molecule has 0 bridgehead atoms. The third-order valence-electron chi connectivity index (χ3n) is 4.91. The third-order valence-corrected chi connectivity index (χ3v) is 4.91. The lowest BCUT2D eigenvalue weighted by atomic mass is 9.57.